The number of hydrogen-bond acceptors (Lipinski definition) is 1. The van der Waals surface area contributed by atoms with Crippen LogP contribution in [0.4, 0.5) is 17.6 Å². The maximum absolute atomic E-state index is 14.6. The van der Waals surface area contributed by atoms with Gasteiger partial charge in [0.05, 0.1) is 5.56 Å². The first-order chi connectivity index (χ1) is 15.2. The van der Waals surface area contributed by atoms with Crippen molar-refractivity contribution in [3.05, 3.63) is 65.0 Å². The van der Waals surface area contributed by atoms with Gasteiger partial charge in [-0.3, -0.25) is 0 Å². The molecule has 0 N–H and O–H groups in total. The van der Waals surface area contributed by atoms with Crippen LogP contribution in [0, 0.1) is 35.4 Å². The van der Waals surface area contributed by atoms with E-state index in [-0.39, 0.29) is 17.1 Å². The van der Waals surface area contributed by atoms with Gasteiger partial charge in [-0.25, -0.2) is 4.39 Å². The van der Waals surface area contributed by atoms with Gasteiger partial charge in [0.25, 0.3) is 0 Å². The van der Waals surface area contributed by atoms with Gasteiger partial charge in [-0.05, 0) is 79.0 Å². The summed E-state index contributed by atoms with van der Waals surface area (Å²) in [6, 6.07) is 10.4. The molecule has 0 saturated heterocycles. The van der Waals surface area contributed by atoms with E-state index in [1.165, 1.54) is 62.8 Å². The van der Waals surface area contributed by atoms with Crippen LogP contribution in [0.5, 0.6) is 5.75 Å². The molecule has 0 aliphatic heterocycles. The minimum absolute atomic E-state index is 0.275. The van der Waals surface area contributed by atoms with Crippen LogP contribution in [-0.2, 0) is 6.42 Å². The van der Waals surface area contributed by atoms with Crippen molar-refractivity contribution in [3.8, 4) is 17.6 Å². The van der Waals surface area contributed by atoms with E-state index in [0.717, 1.165) is 17.9 Å². The summed E-state index contributed by atoms with van der Waals surface area (Å²) in [5, 5.41) is 0. The molecule has 1 unspecified atom stereocenters. The van der Waals surface area contributed by atoms with Crippen molar-refractivity contribution in [3.63, 3.8) is 0 Å². The van der Waals surface area contributed by atoms with Crippen LogP contribution in [-0.4, -0.2) is 6.36 Å². The minimum atomic E-state index is -4.73. The van der Waals surface area contributed by atoms with E-state index in [1.54, 1.807) is 12.1 Å². The largest absolute Gasteiger partial charge is 0.573 e. The quantitative estimate of drug-likeness (QED) is 0.324. The second-order valence-electron chi connectivity index (χ2n) is 8.89. The van der Waals surface area contributed by atoms with Gasteiger partial charge in [0.2, 0.25) is 0 Å². The third-order valence-electron chi connectivity index (χ3n) is 6.41. The van der Waals surface area contributed by atoms with Gasteiger partial charge in [-0.2, -0.15) is 0 Å². The summed E-state index contributed by atoms with van der Waals surface area (Å²) < 4.78 is 55.1. The van der Waals surface area contributed by atoms with Crippen LogP contribution in [0.25, 0.3) is 0 Å². The molecule has 2 aromatic rings. The second-order valence-corrected chi connectivity index (χ2v) is 8.89. The molecule has 0 spiro atoms. The van der Waals surface area contributed by atoms with E-state index in [0.29, 0.717) is 17.4 Å². The normalized spacial score (nSPS) is 19.7. The second kappa shape index (κ2) is 10.9. The van der Waals surface area contributed by atoms with Crippen molar-refractivity contribution in [2.75, 3.05) is 0 Å². The lowest BCUT2D eigenvalue weighted by Crippen LogP contribution is -2.21. The van der Waals surface area contributed by atoms with E-state index < -0.39 is 6.36 Å². The predicted octanol–water partition coefficient (Wildman–Crippen LogP) is 7.91. The molecule has 1 nitrogen and oxygen atoms in total. The Bertz CT molecular complexity index is 929. The first-order valence-corrected chi connectivity index (χ1v) is 11.4. The van der Waals surface area contributed by atoms with Crippen molar-refractivity contribution >= 4 is 0 Å². The Labute approximate surface area is 188 Å². The van der Waals surface area contributed by atoms with Crippen LogP contribution in [0.2, 0.25) is 0 Å². The minimum Gasteiger partial charge on any atom is -0.406 e. The lowest BCUT2D eigenvalue weighted by Gasteiger charge is -2.32. The van der Waals surface area contributed by atoms with E-state index in [2.05, 4.69) is 30.4 Å². The number of alkyl halides is 3. The Kier molecular flexibility index (Phi) is 8.23. The fourth-order valence-electron chi connectivity index (χ4n) is 4.66. The first kappa shape index (κ1) is 24.2. The van der Waals surface area contributed by atoms with Gasteiger partial charge in [0.1, 0.15) is 11.6 Å². The van der Waals surface area contributed by atoms with Crippen LogP contribution < -0.4 is 4.74 Å². The van der Waals surface area contributed by atoms with Crippen LogP contribution in [0.15, 0.2) is 42.5 Å². The van der Waals surface area contributed by atoms with Gasteiger partial charge in [-0.15, -0.1) is 13.2 Å². The number of hydrogen-bond donors (Lipinski definition) is 0. The summed E-state index contributed by atoms with van der Waals surface area (Å²) >= 11 is 0. The highest BCUT2D eigenvalue weighted by atomic mass is 19.4. The van der Waals surface area contributed by atoms with Crippen LogP contribution >= 0.6 is 0 Å². The van der Waals surface area contributed by atoms with E-state index in [9.17, 15) is 17.6 Å². The number of halogens is 4. The lowest BCUT2D eigenvalue weighted by molar-refractivity contribution is -0.274. The van der Waals surface area contributed by atoms with Crippen LogP contribution in [0.3, 0.4) is 0 Å². The highest BCUT2D eigenvalue weighted by Gasteiger charge is 2.31. The average molecular weight is 447 g/mol. The Hall–Kier alpha value is -2.48. The Morgan fingerprint density at radius 3 is 2.28 bits per heavy atom. The summed E-state index contributed by atoms with van der Waals surface area (Å²) in [6.45, 7) is 4.52. The molecule has 0 bridgehead atoms. The number of ether oxygens (including phenoxy) is 1. The Morgan fingerprint density at radius 1 is 1.00 bits per heavy atom. The number of benzene rings is 2. The average Bonchev–Trinajstić information content (AvgIpc) is 2.74. The first-order valence-electron chi connectivity index (χ1n) is 11.4. The topological polar surface area (TPSA) is 9.23 Å². The fourth-order valence-corrected chi connectivity index (χ4v) is 4.66. The van der Waals surface area contributed by atoms with Gasteiger partial charge in [0, 0.05) is 5.56 Å². The zero-order valence-electron chi connectivity index (χ0n) is 18.6. The molecule has 32 heavy (non-hydrogen) atoms. The molecule has 0 aromatic heterocycles. The highest BCUT2D eigenvalue weighted by Crippen LogP contribution is 2.36. The van der Waals surface area contributed by atoms with E-state index in [4.69, 9.17) is 0 Å². The Morgan fingerprint density at radius 2 is 1.69 bits per heavy atom. The van der Waals surface area contributed by atoms with Crippen LogP contribution in [0.1, 0.15) is 69.1 Å². The van der Waals surface area contributed by atoms with Crippen molar-refractivity contribution in [2.24, 2.45) is 17.8 Å². The zero-order valence-corrected chi connectivity index (χ0v) is 18.6. The van der Waals surface area contributed by atoms with E-state index in [1.807, 2.05) is 6.07 Å². The third-order valence-corrected chi connectivity index (χ3v) is 6.41. The van der Waals surface area contributed by atoms with Gasteiger partial charge >= 0.3 is 6.36 Å². The number of rotatable bonds is 6. The molecule has 0 amide bonds. The lowest BCUT2D eigenvalue weighted by atomic mass is 9.74. The highest BCUT2D eigenvalue weighted by molar-refractivity contribution is 5.45. The fraction of sp³-hybridized carbons (Fsp3) is 0.481. The molecular formula is C27H30F4O. The van der Waals surface area contributed by atoms with E-state index >= 15 is 0 Å². The van der Waals surface area contributed by atoms with Gasteiger partial charge < -0.3 is 4.74 Å². The molecule has 2 aromatic carbocycles. The molecule has 1 atom stereocenters. The molecular weight excluding hydrogens is 416 g/mol. The van der Waals surface area contributed by atoms with Crippen molar-refractivity contribution in [1.82, 2.24) is 0 Å². The molecule has 172 valence electrons. The van der Waals surface area contributed by atoms with Crippen molar-refractivity contribution < 1.29 is 22.3 Å². The summed E-state index contributed by atoms with van der Waals surface area (Å²) in [5.74, 6) is 6.98. The standard InChI is InChI=1S/C27H30F4O/c1-3-4-20-5-11-23(12-6-20)19(2)17-22-8-14-24(26(28)18-22)13-7-21-9-15-25(16-10-21)32-27(29,30)31/h8-10,14-16,18-20,23H,3-6,11-12,17H2,1-2H3. The molecule has 0 heterocycles. The summed E-state index contributed by atoms with van der Waals surface area (Å²) in [5.41, 5.74) is 1.73. The SMILES string of the molecule is CCCC1CCC(C(C)Cc2ccc(C#Cc3ccc(OC(F)(F)F)cc3)c(F)c2)CC1. The molecule has 1 aliphatic carbocycles. The summed E-state index contributed by atoms with van der Waals surface area (Å²) in [7, 11) is 0. The smallest absolute Gasteiger partial charge is 0.406 e. The molecule has 1 aliphatic rings. The molecule has 0 radical (unpaired) electrons. The van der Waals surface area contributed by atoms with Gasteiger partial charge in [-0.1, -0.05) is 57.4 Å². The van der Waals surface area contributed by atoms with Gasteiger partial charge in [0.15, 0.2) is 0 Å². The Balaban J connectivity index is 1.58. The van der Waals surface area contributed by atoms with Crippen molar-refractivity contribution in [2.45, 2.75) is 65.2 Å². The zero-order chi connectivity index (χ0) is 23.1. The maximum atomic E-state index is 14.6. The summed E-state index contributed by atoms with van der Waals surface area (Å²) in [6.07, 6.45) is 3.88. The molecule has 5 heteroatoms. The summed E-state index contributed by atoms with van der Waals surface area (Å²) in [4.78, 5) is 0. The molecule has 1 fully saturated rings. The predicted molar refractivity (Wildman–Crippen MR) is 119 cm³/mol. The third kappa shape index (κ3) is 7.29. The monoisotopic (exact) mass is 446 g/mol. The van der Waals surface area contributed by atoms with Crippen molar-refractivity contribution in [1.29, 1.82) is 0 Å². The maximum Gasteiger partial charge on any atom is 0.573 e. The molecule has 1 saturated carbocycles. The molecule has 3 rings (SSSR count).